The van der Waals surface area contributed by atoms with Gasteiger partial charge in [0, 0.05) is 32.4 Å². The Morgan fingerprint density at radius 3 is 2.07 bits per heavy atom. The van der Waals surface area contributed by atoms with Gasteiger partial charge in [-0.2, -0.15) is 0 Å². The maximum Gasteiger partial charge on any atom is 0.407 e. The zero-order valence-corrected chi connectivity index (χ0v) is 33.3. The van der Waals surface area contributed by atoms with E-state index in [1.807, 2.05) is 68.4 Å². The molecular formula is C44H55N5O8. The van der Waals surface area contributed by atoms with E-state index in [9.17, 15) is 28.8 Å². The lowest BCUT2D eigenvalue weighted by Crippen LogP contribution is -2.58. The first-order chi connectivity index (χ1) is 27.5. The summed E-state index contributed by atoms with van der Waals surface area (Å²) in [6.07, 6.45) is 2.24. The SMILES string of the molecule is COC(=O)[C@H](CCCCNC(=O)OCC1c2ccccc2-c2ccccc21)NC(=O)[C@@H]1CCCN1C(=O)[C@H](CC(C)C)NC(=O)[C@H](Cc1ccccc1)NC(C)=O. The highest BCUT2D eigenvalue weighted by Crippen LogP contribution is 2.44. The molecule has 1 heterocycles. The molecule has 2 aliphatic rings. The molecule has 13 nitrogen and oxygen atoms in total. The number of unbranched alkanes of at least 4 members (excludes halogenated alkanes) is 1. The number of fused-ring (bicyclic) bond motifs is 3. The number of alkyl carbamates (subject to hydrolysis) is 1. The van der Waals surface area contributed by atoms with E-state index in [0.717, 1.165) is 27.8 Å². The quantitative estimate of drug-likeness (QED) is 0.107. The highest BCUT2D eigenvalue weighted by atomic mass is 16.5. The number of esters is 1. The molecule has 1 fully saturated rings. The van der Waals surface area contributed by atoms with Crippen molar-refractivity contribution in [2.45, 2.75) is 95.8 Å². The van der Waals surface area contributed by atoms with Gasteiger partial charge < -0.3 is 35.6 Å². The van der Waals surface area contributed by atoms with Crippen LogP contribution < -0.4 is 21.3 Å². The predicted molar refractivity (Wildman–Crippen MR) is 215 cm³/mol. The van der Waals surface area contributed by atoms with E-state index >= 15 is 0 Å². The molecule has 0 unspecified atom stereocenters. The van der Waals surface area contributed by atoms with Crippen LogP contribution in [0.3, 0.4) is 0 Å². The molecule has 1 aliphatic carbocycles. The smallest absolute Gasteiger partial charge is 0.407 e. The van der Waals surface area contributed by atoms with Crippen molar-refractivity contribution >= 4 is 35.7 Å². The third-order valence-electron chi connectivity index (χ3n) is 10.5. The number of benzene rings is 3. The number of carbonyl (C=O) groups is 6. The van der Waals surface area contributed by atoms with Gasteiger partial charge in [0.1, 0.15) is 30.8 Å². The monoisotopic (exact) mass is 781 g/mol. The average Bonchev–Trinajstić information content (AvgIpc) is 3.82. The summed E-state index contributed by atoms with van der Waals surface area (Å²) in [4.78, 5) is 80.2. The Hall–Kier alpha value is -5.72. The van der Waals surface area contributed by atoms with E-state index in [1.165, 1.54) is 18.9 Å². The highest BCUT2D eigenvalue weighted by Gasteiger charge is 2.40. The van der Waals surface area contributed by atoms with Crippen molar-refractivity contribution in [3.05, 3.63) is 95.6 Å². The molecule has 0 radical (unpaired) electrons. The fourth-order valence-electron chi connectivity index (χ4n) is 7.75. The van der Waals surface area contributed by atoms with Gasteiger partial charge >= 0.3 is 12.1 Å². The molecule has 1 saturated heterocycles. The molecule has 1 aliphatic heterocycles. The second-order valence-corrected chi connectivity index (χ2v) is 15.2. The number of hydrogen-bond donors (Lipinski definition) is 4. The van der Waals surface area contributed by atoms with Crippen LogP contribution >= 0.6 is 0 Å². The third kappa shape index (κ3) is 11.4. The van der Waals surface area contributed by atoms with Gasteiger partial charge in [0.15, 0.2) is 0 Å². The Morgan fingerprint density at radius 1 is 0.789 bits per heavy atom. The molecule has 5 rings (SSSR count). The van der Waals surface area contributed by atoms with Crippen molar-refractivity contribution in [1.82, 2.24) is 26.2 Å². The predicted octanol–water partition coefficient (Wildman–Crippen LogP) is 4.62. The summed E-state index contributed by atoms with van der Waals surface area (Å²) < 4.78 is 10.6. The van der Waals surface area contributed by atoms with Gasteiger partial charge in [-0.25, -0.2) is 9.59 Å². The van der Waals surface area contributed by atoms with Crippen molar-refractivity contribution in [3.63, 3.8) is 0 Å². The van der Waals surface area contributed by atoms with Crippen LogP contribution in [0.15, 0.2) is 78.9 Å². The van der Waals surface area contributed by atoms with Crippen molar-refractivity contribution in [2.24, 2.45) is 5.92 Å². The Kier molecular flexibility index (Phi) is 15.2. The van der Waals surface area contributed by atoms with Crippen LogP contribution in [0.4, 0.5) is 4.79 Å². The van der Waals surface area contributed by atoms with E-state index in [0.29, 0.717) is 45.2 Å². The molecule has 57 heavy (non-hydrogen) atoms. The molecule has 4 N–H and O–H groups in total. The Labute approximate surface area is 334 Å². The Bertz CT molecular complexity index is 1840. The molecule has 13 heteroatoms. The lowest BCUT2D eigenvalue weighted by Gasteiger charge is -2.31. The topological polar surface area (TPSA) is 172 Å². The third-order valence-corrected chi connectivity index (χ3v) is 10.5. The van der Waals surface area contributed by atoms with Crippen molar-refractivity contribution in [3.8, 4) is 11.1 Å². The minimum absolute atomic E-state index is 0.0322. The molecule has 5 amide bonds. The molecule has 0 saturated carbocycles. The number of methoxy groups -OCH3 is 1. The van der Waals surface area contributed by atoms with E-state index in [2.05, 4.69) is 45.5 Å². The molecular weight excluding hydrogens is 727 g/mol. The van der Waals surface area contributed by atoms with Gasteiger partial charge in [0.2, 0.25) is 23.6 Å². The maximum atomic E-state index is 14.0. The molecule has 3 aromatic carbocycles. The summed E-state index contributed by atoms with van der Waals surface area (Å²) in [7, 11) is 1.25. The van der Waals surface area contributed by atoms with Crippen LogP contribution in [0.5, 0.6) is 0 Å². The number of nitrogens with zero attached hydrogens (tertiary/aromatic N) is 1. The van der Waals surface area contributed by atoms with Gasteiger partial charge in [0.25, 0.3) is 0 Å². The van der Waals surface area contributed by atoms with Crippen LogP contribution in [0, 0.1) is 5.92 Å². The largest absolute Gasteiger partial charge is 0.467 e. The fraction of sp³-hybridized carbons (Fsp3) is 0.455. The molecule has 4 atom stereocenters. The normalized spacial score (nSPS) is 16.1. The standard InChI is InChI=1S/C44H55N5O8/c1-28(2)25-38(48-40(51)37(46-29(3)50)26-30-15-6-5-7-16-30)42(53)49-24-14-22-39(49)41(52)47-36(43(54)56-4)21-12-13-23-45-44(55)57-27-35-33-19-10-8-17-31(33)32-18-9-11-20-34(32)35/h5-11,15-20,28,35-39H,12-14,21-27H2,1-4H3,(H,45,55)(H,46,50)(H,47,52)(H,48,51)/t36-,37-,38-,39-/m0/s1. The van der Waals surface area contributed by atoms with Crippen LogP contribution in [0.25, 0.3) is 11.1 Å². The molecule has 0 aromatic heterocycles. The summed E-state index contributed by atoms with van der Waals surface area (Å²) >= 11 is 0. The van der Waals surface area contributed by atoms with Crippen molar-refractivity contribution < 1.29 is 38.2 Å². The van der Waals surface area contributed by atoms with Crippen LogP contribution in [0.2, 0.25) is 0 Å². The fourth-order valence-corrected chi connectivity index (χ4v) is 7.75. The second-order valence-electron chi connectivity index (χ2n) is 15.2. The lowest BCUT2D eigenvalue weighted by atomic mass is 9.98. The minimum Gasteiger partial charge on any atom is -0.467 e. The number of rotatable bonds is 18. The number of nitrogens with one attached hydrogen (secondary N) is 4. The number of hydrogen-bond acceptors (Lipinski definition) is 8. The first-order valence-corrected chi connectivity index (χ1v) is 19.9. The first-order valence-electron chi connectivity index (χ1n) is 19.9. The highest BCUT2D eigenvalue weighted by molar-refractivity contribution is 5.95. The first kappa shape index (κ1) is 42.4. The Balaban J connectivity index is 1.11. The van der Waals surface area contributed by atoms with Crippen molar-refractivity contribution in [1.29, 1.82) is 0 Å². The van der Waals surface area contributed by atoms with Crippen LogP contribution in [-0.2, 0) is 39.9 Å². The van der Waals surface area contributed by atoms with E-state index in [1.54, 1.807) is 0 Å². The maximum absolute atomic E-state index is 14.0. The minimum atomic E-state index is -0.961. The number of likely N-dealkylation sites (tertiary alicyclic amines) is 1. The van der Waals surface area contributed by atoms with Gasteiger partial charge in [0.05, 0.1) is 7.11 Å². The van der Waals surface area contributed by atoms with Crippen molar-refractivity contribution in [2.75, 3.05) is 26.8 Å². The lowest BCUT2D eigenvalue weighted by molar-refractivity contribution is -0.147. The summed E-state index contributed by atoms with van der Waals surface area (Å²) in [6, 6.07) is 21.9. The van der Waals surface area contributed by atoms with Gasteiger partial charge in [-0.3, -0.25) is 19.2 Å². The van der Waals surface area contributed by atoms with Crippen LogP contribution in [0.1, 0.15) is 81.9 Å². The number of ether oxygens (including phenoxy) is 2. The molecule has 304 valence electrons. The van der Waals surface area contributed by atoms with E-state index < -0.39 is 54.0 Å². The second kappa shape index (κ2) is 20.4. The Morgan fingerprint density at radius 2 is 1.44 bits per heavy atom. The summed E-state index contributed by atoms with van der Waals surface area (Å²) in [5.74, 6) is -2.38. The summed E-state index contributed by atoms with van der Waals surface area (Å²) in [6.45, 7) is 6.02. The summed E-state index contributed by atoms with van der Waals surface area (Å²) in [5.41, 5.74) is 5.39. The van der Waals surface area contributed by atoms with Gasteiger partial charge in [-0.15, -0.1) is 0 Å². The number of amides is 5. The van der Waals surface area contributed by atoms with E-state index in [-0.39, 0.29) is 37.2 Å². The van der Waals surface area contributed by atoms with Gasteiger partial charge in [-0.1, -0.05) is 92.7 Å². The number of carbonyl (C=O) groups excluding carboxylic acids is 6. The molecule has 0 bridgehead atoms. The van der Waals surface area contributed by atoms with Gasteiger partial charge in [-0.05, 0) is 72.3 Å². The summed E-state index contributed by atoms with van der Waals surface area (Å²) in [5, 5.41) is 11.1. The zero-order valence-electron chi connectivity index (χ0n) is 33.3. The van der Waals surface area contributed by atoms with E-state index in [4.69, 9.17) is 9.47 Å². The van der Waals surface area contributed by atoms with Crippen LogP contribution in [-0.4, -0.2) is 91.6 Å². The molecule has 0 spiro atoms. The average molecular weight is 782 g/mol. The zero-order chi connectivity index (χ0) is 40.9. The molecule has 3 aromatic rings.